The molecule has 0 fully saturated rings. The molecule has 0 bridgehead atoms. The van der Waals surface area contributed by atoms with Gasteiger partial charge in [-0.05, 0) is 47.1 Å². The number of nitrogens with zero attached hydrogens (tertiary/aromatic N) is 1. The highest BCUT2D eigenvalue weighted by Gasteiger charge is 2.12. The number of sulfone groups is 1. The lowest BCUT2D eigenvalue weighted by Gasteiger charge is -2.08. The molecule has 7 heteroatoms. The summed E-state index contributed by atoms with van der Waals surface area (Å²) >= 11 is 3.33. The van der Waals surface area contributed by atoms with Gasteiger partial charge in [-0.15, -0.1) is 0 Å². The van der Waals surface area contributed by atoms with Gasteiger partial charge in [0.15, 0.2) is 14.9 Å². The minimum atomic E-state index is -3.34. The van der Waals surface area contributed by atoms with Crippen LogP contribution in [0.4, 0.5) is 5.69 Å². The molecule has 2 aromatic rings. The Kier molecular flexibility index (Phi) is 4.43. The van der Waals surface area contributed by atoms with Crippen molar-refractivity contribution < 1.29 is 13.2 Å². The second-order valence-electron chi connectivity index (χ2n) is 4.59. The predicted molar refractivity (Wildman–Crippen MR) is 84.2 cm³/mol. The second-order valence-corrected chi connectivity index (χ2v) is 7.41. The Labute approximate surface area is 131 Å². The van der Waals surface area contributed by atoms with E-state index >= 15 is 0 Å². The molecule has 0 radical (unpaired) electrons. The van der Waals surface area contributed by atoms with Crippen LogP contribution in [-0.2, 0) is 9.84 Å². The molecule has 5 nitrogen and oxygen atoms in total. The summed E-state index contributed by atoms with van der Waals surface area (Å²) in [6.07, 6.45) is 2.40. The quantitative estimate of drug-likeness (QED) is 0.903. The van der Waals surface area contributed by atoms with Gasteiger partial charge in [0.05, 0.1) is 17.4 Å². The zero-order valence-electron chi connectivity index (χ0n) is 11.4. The van der Waals surface area contributed by atoms with Crippen LogP contribution in [0.25, 0.3) is 0 Å². The Hall–Kier alpha value is -1.73. The number of anilines is 1. The van der Waals surface area contributed by atoms with Crippen molar-refractivity contribution in [3.8, 4) is 0 Å². The van der Waals surface area contributed by atoms with E-state index in [1.807, 2.05) is 13.0 Å². The predicted octanol–water partition coefficient (Wildman–Crippen LogP) is 2.81. The Morgan fingerprint density at radius 2 is 1.95 bits per heavy atom. The Morgan fingerprint density at radius 3 is 2.52 bits per heavy atom. The van der Waals surface area contributed by atoms with Crippen LogP contribution in [0.5, 0.6) is 0 Å². The van der Waals surface area contributed by atoms with E-state index in [0.29, 0.717) is 15.7 Å². The molecule has 21 heavy (non-hydrogen) atoms. The van der Waals surface area contributed by atoms with Crippen molar-refractivity contribution in [3.05, 3.63) is 52.1 Å². The average molecular weight is 369 g/mol. The number of aryl methyl sites for hydroxylation is 1. The van der Waals surface area contributed by atoms with Crippen molar-refractivity contribution in [2.75, 3.05) is 11.6 Å². The van der Waals surface area contributed by atoms with Gasteiger partial charge in [-0.2, -0.15) is 0 Å². The largest absolute Gasteiger partial charge is 0.321 e. The number of benzene rings is 1. The molecule has 1 aromatic carbocycles. The maximum Gasteiger partial charge on any atom is 0.256 e. The number of amides is 1. The van der Waals surface area contributed by atoms with E-state index in [2.05, 4.69) is 26.2 Å². The number of halogens is 1. The van der Waals surface area contributed by atoms with E-state index in [-0.39, 0.29) is 10.9 Å². The third-order valence-electron chi connectivity index (χ3n) is 2.74. The molecule has 0 aliphatic heterocycles. The van der Waals surface area contributed by atoms with Crippen molar-refractivity contribution in [2.45, 2.75) is 11.9 Å². The number of rotatable bonds is 3. The van der Waals surface area contributed by atoms with Gasteiger partial charge < -0.3 is 5.32 Å². The highest BCUT2D eigenvalue weighted by molar-refractivity contribution is 9.10. The minimum Gasteiger partial charge on any atom is -0.321 e. The standard InChI is InChI=1S/C14H13BrN2O3S/c1-9-3-5-12(15)11(7-9)14(18)17-10-4-6-13(16-8-10)21(2,19)20/h3-8H,1-2H3,(H,17,18). The SMILES string of the molecule is Cc1ccc(Br)c(C(=O)Nc2ccc(S(C)(=O)=O)nc2)c1. The first kappa shape index (κ1) is 15.7. The molecule has 0 unspecified atom stereocenters. The zero-order chi connectivity index (χ0) is 15.6. The number of nitrogens with one attached hydrogen (secondary N) is 1. The fourth-order valence-corrected chi connectivity index (χ4v) is 2.67. The first-order valence-electron chi connectivity index (χ1n) is 6.01. The highest BCUT2D eigenvalue weighted by atomic mass is 79.9. The molecular formula is C14H13BrN2O3S. The van der Waals surface area contributed by atoms with Crippen LogP contribution in [0.1, 0.15) is 15.9 Å². The molecule has 1 heterocycles. The van der Waals surface area contributed by atoms with Crippen molar-refractivity contribution in [3.63, 3.8) is 0 Å². The summed E-state index contributed by atoms with van der Waals surface area (Å²) in [5.74, 6) is -0.292. The number of hydrogen-bond donors (Lipinski definition) is 1. The lowest BCUT2D eigenvalue weighted by molar-refractivity contribution is 0.102. The Bertz CT molecular complexity index is 786. The normalized spacial score (nSPS) is 11.2. The minimum absolute atomic E-state index is 0.0303. The van der Waals surface area contributed by atoms with Crippen LogP contribution in [-0.4, -0.2) is 25.6 Å². The van der Waals surface area contributed by atoms with Crippen LogP contribution in [0.15, 0.2) is 46.0 Å². The topological polar surface area (TPSA) is 76.1 Å². The van der Waals surface area contributed by atoms with E-state index in [9.17, 15) is 13.2 Å². The first-order chi connectivity index (χ1) is 9.77. The lowest BCUT2D eigenvalue weighted by atomic mass is 10.1. The molecule has 0 saturated heterocycles. The zero-order valence-corrected chi connectivity index (χ0v) is 13.8. The summed E-state index contributed by atoms with van der Waals surface area (Å²) < 4.78 is 23.3. The Morgan fingerprint density at radius 1 is 1.24 bits per heavy atom. The molecular weight excluding hydrogens is 356 g/mol. The number of carbonyl (C=O) groups is 1. The van der Waals surface area contributed by atoms with Crippen molar-refractivity contribution >= 4 is 37.4 Å². The second kappa shape index (κ2) is 5.95. The summed E-state index contributed by atoms with van der Waals surface area (Å²) in [4.78, 5) is 16.0. The molecule has 0 saturated carbocycles. The third-order valence-corrected chi connectivity index (χ3v) is 4.43. The van der Waals surface area contributed by atoms with Gasteiger partial charge >= 0.3 is 0 Å². The van der Waals surface area contributed by atoms with E-state index in [4.69, 9.17) is 0 Å². The summed E-state index contributed by atoms with van der Waals surface area (Å²) in [6, 6.07) is 8.32. The van der Waals surface area contributed by atoms with Crippen molar-refractivity contribution in [2.24, 2.45) is 0 Å². The number of pyridine rings is 1. The van der Waals surface area contributed by atoms with E-state index in [1.54, 1.807) is 12.1 Å². The van der Waals surface area contributed by atoms with E-state index < -0.39 is 9.84 Å². The fraction of sp³-hybridized carbons (Fsp3) is 0.143. The van der Waals surface area contributed by atoms with Crippen LogP contribution in [0.3, 0.4) is 0 Å². The molecule has 1 N–H and O–H groups in total. The van der Waals surface area contributed by atoms with Gasteiger partial charge in [0.1, 0.15) is 0 Å². The van der Waals surface area contributed by atoms with Gasteiger partial charge in [-0.3, -0.25) is 4.79 Å². The third kappa shape index (κ3) is 3.89. The van der Waals surface area contributed by atoms with Gasteiger partial charge in [-0.1, -0.05) is 11.6 Å². The van der Waals surface area contributed by atoms with E-state index in [0.717, 1.165) is 11.8 Å². The average Bonchev–Trinajstić information content (AvgIpc) is 2.41. The van der Waals surface area contributed by atoms with Gasteiger partial charge in [0.25, 0.3) is 5.91 Å². The molecule has 0 aliphatic rings. The van der Waals surface area contributed by atoms with E-state index in [1.165, 1.54) is 18.3 Å². The summed E-state index contributed by atoms with van der Waals surface area (Å²) in [5.41, 5.74) is 1.90. The maximum absolute atomic E-state index is 12.2. The summed E-state index contributed by atoms with van der Waals surface area (Å²) in [7, 11) is -3.34. The van der Waals surface area contributed by atoms with Gasteiger partial charge in [-0.25, -0.2) is 13.4 Å². The van der Waals surface area contributed by atoms with Crippen molar-refractivity contribution in [1.82, 2.24) is 4.98 Å². The van der Waals surface area contributed by atoms with Crippen LogP contribution >= 0.6 is 15.9 Å². The van der Waals surface area contributed by atoms with Crippen LogP contribution < -0.4 is 5.32 Å². The molecule has 110 valence electrons. The molecule has 1 amide bonds. The first-order valence-corrected chi connectivity index (χ1v) is 8.69. The lowest BCUT2D eigenvalue weighted by Crippen LogP contribution is -2.13. The Balaban J connectivity index is 2.22. The molecule has 2 rings (SSSR count). The summed E-state index contributed by atoms with van der Waals surface area (Å²) in [5, 5.41) is 2.65. The smallest absolute Gasteiger partial charge is 0.256 e. The van der Waals surface area contributed by atoms with Crippen LogP contribution in [0.2, 0.25) is 0 Å². The summed E-state index contributed by atoms with van der Waals surface area (Å²) in [6.45, 7) is 1.89. The van der Waals surface area contributed by atoms with Gasteiger partial charge in [0.2, 0.25) is 0 Å². The fourth-order valence-electron chi connectivity index (χ4n) is 1.69. The number of carbonyl (C=O) groups excluding carboxylic acids is 1. The number of hydrogen-bond acceptors (Lipinski definition) is 4. The molecule has 0 aliphatic carbocycles. The van der Waals surface area contributed by atoms with Crippen molar-refractivity contribution in [1.29, 1.82) is 0 Å². The number of aromatic nitrogens is 1. The molecule has 0 atom stereocenters. The molecule has 0 spiro atoms. The monoisotopic (exact) mass is 368 g/mol. The van der Waals surface area contributed by atoms with Crippen LogP contribution in [0, 0.1) is 6.92 Å². The maximum atomic E-state index is 12.2. The highest BCUT2D eigenvalue weighted by Crippen LogP contribution is 2.20. The van der Waals surface area contributed by atoms with Gasteiger partial charge in [0, 0.05) is 10.7 Å². The molecule has 1 aromatic heterocycles.